The van der Waals surface area contributed by atoms with E-state index in [2.05, 4.69) is 29.8 Å². The van der Waals surface area contributed by atoms with E-state index >= 15 is 0 Å². The molecule has 0 radical (unpaired) electrons. The fourth-order valence-electron chi connectivity index (χ4n) is 0.792. The van der Waals surface area contributed by atoms with Gasteiger partial charge in [0.15, 0.2) is 0 Å². The van der Waals surface area contributed by atoms with E-state index in [4.69, 9.17) is 4.74 Å². The summed E-state index contributed by atoms with van der Waals surface area (Å²) in [4.78, 5) is 0.572. The summed E-state index contributed by atoms with van der Waals surface area (Å²) in [7, 11) is 1.77. The van der Waals surface area contributed by atoms with Crippen molar-refractivity contribution < 1.29 is 4.74 Å². The molecule has 0 aliphatic heterocycles. The van der Waals surface area contributed by atoms with Gasteiger partial charge in [0.05, 0.1) is 6.10 Å². The molecule has 0 aliphatic rings. The molecule has 0 fully saturated rings. The van der Waals surface area contributed by atoms with Crippen molar-refractivity contribution in [1.82, 2.24) is 0 Å². The van der Waals surface area contributed by atoms with Crippen LogP contribution in [-0.2, 0) is 4.74 Å². The van der Waals surface area contributed by atoms with E-state index in [9.17, 15) is 0 Å². The lowest BCUT2D eigenvalue weighted by Crippen LogP contribution is -2.12. The van der Waals surface area contributed by atoms with Gasteiger partial charge in [0.25, 0.3) is 0 Å². The van der Waals surface area contributed by atoms with E-state index in [1.165, 1.54) is 0 Å². The van der Waals surface area contributed by atoms with Gasteiger partial charge in [-0.1, -0.05) is 29.8 Å². The molecule has 9 heavy (non-hydrogen) atoms. The maximum absolute atomic E-state index is 5.18. The van der Waals surface area contributed by atoms with Crippen molar-refractivity contribution >= 4 is 15.9 Å². The van der Waals surface area contributed by atoms with Gasteiger partial charge in [-0.3, -0.25) is 0 Å². The molecule has 0 saturated carbocycles. The average Bonchev–Trinajstić information content (AvgIpc) is 1.82. The molecule has 0 rings (SSSR count). The smallest absolute Gasteiger partial charge is 0.0579 e. The first kappa shape index (κ1) is 9.44. The molecule has 0 saturated heterocycles. The Labute approximate surface area is 65.9 Å². The minimum atomic E-state index is 0.430. The molecule has 0 bridgehead atoms. The summed E-state index contributed by atoms with van der Waals surface area (Å²) in [6.45, 7) is 4.28. The van der Waals surface area contributed by atoms with Crippen LogP contribution < -0.4 is 0 Å². The summed E-state index contributed by atoms with van der Waals surface area (Å²) < 4.78 is 5.18. The van der Waals surface area contributed by atoms with Crippen LogP contribution in [0.5, 0.6) is 0 Å². The third kappa shape index (κ3) is 4.91. The minimum absolute atomic E-state index is 0.430. The van der Waals surface area contributed by atoms with Crippen molar-refractivity contribution in [1.29, 1.82) is 0 Å². The zero-order valence-electron chi connectivity index (χ0n) is 6.36. The van der Waals surface area contributed by atoms with E-state index in [-0.39, 0.29) is 0 Å². The Bertz CT molecular complexity index is 59.9. The van der Waals surface area contributed by atoms with Gasteiger partial charge in [0, 0.05) is 11.9 Å². The highest BCUT2D eigenvalue weighted by Gasteiger charge is 2.06. The second kappa shape index (κ2) is 5.24. The second-order valence-corrected chi connectivity index (χ2v) is 3.85. The van der Waals surface area contributed by atoms with E-state index in [1.54, 1.807) is 7.11 Å². The number of halogens is 1. The third-order valence-corrected chi connectivity index (χ3v) is 1.75. The Morgan fingerprint density at radius 3 is 2.22 bits per heavy atom. The molecule has 2 unspecified atom stereocenters. The van der Waals surface area contributed by atoms with E-state index < -0.39 is 0 Å². The number of hydrogen-bond acceptors (Lipinski definition) is 1. The fourth-order valence-corrected chi connectivity index (χ4v) is 1.21. The molecule has 0 aromatic carbocycles. The van der Waals surface area contributed by atoms with Gasteiger partial charge in [-0.2, -0.15) is 0 Å². The number of ether oxygens (including phenoxy) is 1. The van der Waals surface area contributed by atoms with E-state index in [0.29, 0.717) is 10.9 Å². The van der Waals surface area contributed by atoms with Crippen molar-refractivity contribution in [3.05, 3.63) is 0 Å². The molecule has 1 nitrogen and oxygen atoms in total. The molecule has 0 aromatic heterocycles. The van der Waals surface area contributed by atoms with Crippen LogP contribution in [-0.4, -0.2) is 18.0 Å². The molecular formula is C7H15BrO. The zero-order valence-corrected chi connectivity index (χ0v) is 7.94. The predicted molar refractivity (Wildman–Crippen MR) is 44.1 cm³/mol. The lowest BCUT2D eigenvalue weighted by atomic mass is 10.2. The molecular weight excluding hydrogens is 180 g/mol. The topological polar surface area (TPSA) is 9.23 Å². The Kier molecular flexibility index (Phi) is 5.50. The molecule has 0 spiro atoms. The standard InChI is InChI=1S/C7H15BrO/c1-4-7(9-3)5-6(2)8/h6-7H,4-5H2,1-3H3. The normalized spacial score (nSPS) is 17.3. The number of rotatable bonds is 4. The molecule has 0 aromatic rings. The lowest BCUT2D eigenvalue weighted by Gasteiger charge is -2.13. The van der Waals surface area contributed by atoms with Crippen molar-refractivity contribution in [2.75, 3.05) is 7.11 Å². The summed E-state index contributed by atoms with van der Waals surface area (Å²) in [5.74, 6) is 0. The maximum Gasteiger partial charge on any atom is 0.0579 e. The highest BCUT2D eigenvalue weighted by molar-refractivity contribution is 9.09. The van der Waals surface area contributed by atoms with Gasteiger partial charge in [-0.25, -0.2) is 0 Å². The summed E-state index contributed by atoms with van der Waals surface area (Å²) in [6, 6.07) is 0. The van der Waals surface area contributed by atoms with E-state index in [0.717, 1.165) is 12.8 Å². The molecule has 0 heterocycles. The van der Waals surface area contributed by atoms with Crippen LogP contribution in [0.1, 0.15) is 26.7 Å². The van der Waals surface area contributed by atoms with Crippen LogP contribution in [0.3, 0.4) is 0 Å². The molecule has 0 aliphatic carbocycles. The monoisotopic (exact) mass is 194 g/mol. The van der Waals surface area contributed by atoms with Crippen molar-refractivity contribution in [2.45, 2.75) is 37.6 Å². The highest BCUT2D eigenvalue weighted by atomic mass is 79.9. The Hall–Kier alpha value is 0.440. The van der Waals surface area contributed by atoms with Gasteiger partial charge in [-0.15, -0.1) is 0 Å². The predicted octanol–water partition coefficient (Wildman–Crippen LogP) is 2.58. The van der Waals surface area contributed by atoms with Gasteiger partial charge in [-0.05, 0) is 12.8 Å². The summed E-state index contributed by atoms with van der Waals surface area (Å²) in [5.41, 5.74) is 0. The zero-order chi connectivity index (χ0) is 7.28. The lowest BCUT2D eigenvalue weighted by molar-refractivity contribution is 0.0931. The molecule has 56 valence electrons. The summed E-state index contributed by atoms with van der Waals surface area (Å²) in [5, 5.41) is 0. The largest absolute Gasteiger partial charge is 0.381 e. The van der Waals surface area contributed by atoms with Crippen LogP contribution in [0.15, 0.2) is 0 Å². The Morgan fingerprint density at radius 1 is 1.56 bits per heavy atom. The van der Waals surface area contributed by atoms with Crippen LogP contribution >= 0.6 is 15.9 Å². The van der Waals surface area contributed by atoms with Crippen molar-refractivity contribution in [3.63, 3.8) is 0 Å². The third-order valence-electron chi connectivity index (χ3n) is 1.38. The van der Waals surface area contributed by atoms with Gasteiger partial charge < -0.3 is 4.74 Å². The quantitative estimate of drug-likeness (QED) is 0.626. The van der Waals surface area contributed by atoms with E-state index in [1.807, 2.05) is 0 Å². The molecule has 0 amide bonds. The van der Waals surface area contributed by atoms with Crippen LogP contribution in [0.25, 0.3) is 0 Å². The minimum Gasteiger partial charge on any atom is -0.381 e. The first-order valence-corrected chi connectivity index (χ1v) is 4.29. The number of methoxy groups -OCH3 is 1. The summed E-state index contributed by atoms with van der Waals surface area (Å²) >= 11 is 3.48. The maximum atomic E-state index is 5.18. The Balaban J connectivity index is 3.31. The molecule has 0 N–H and O–H groups in total. The van der Waals surface area contributed by atoms with Crippen LogP contribution in [0.2, 0.25) is 0 Å². The number of alkyl halides is 1. The van der Waals surface area contributed by atoms with Crippen LogP contribution in [0, 0.1) is 0 Å². The fraction of sp³-hybridized carbons (Fsp3) is 1.00. The number of hydrogen-bond donors (Lipinski definition) is 0. The summed E-state index contributed by atoms with van der Waals surface area (Å²) in [6.07, 6.45) is 2.64. The van der Waals surface area contributed by atoms with Crippen LogP contribution in [0.4, 0.5) is 0 Å². The van der Waals surface area contributed by atoms with Gasteiger partial charge in [0.1, 0.15) is 0 Å². The van der Waals surface area contributed by atoms with Gasteiger partial charge in [0.2, 0.25) is 0 Å². The SMILES string of the molecule is CCC(CC(C)Br)OC. The van der Waals surface area contributed by atoms with Crippen molar-refractivity contribution in [3.8, 4) is 0 Å². The molecule has 2 atom stereocenters. The highest BCUT2D eigenvalue weighted by Crippen LogP contribution is 2.11. The first-order valence-electron chi connectivity index (χ1n) is 3.37. The Morgan fingerprint density at radius 2 is 2.11 bits per heavy atom. The van der Waals surface area contributed by atoms with Crippen molar-refractivity contribution in [2.24, 2.45) is 0 Å². The second-order valence-electron chi connectivity index (χ2n) is 2.28. The average molecular weight is 195 g/mol. The first-order chi connectivity index (χ1) is 4.20. The molecule has 2 heteroatoms. The van der Waals surface area contributed by atoms with Gasteiger partial charge >= 0.3 is 0 Å².